The van der Waals surface area contributed by atoms with E-state index in [2.05, 4.69) is 10.1 Å². The summed E-state index contributed by atoms with van der Waals surface area (Å²) >= 11 is 0. The van der Waals surface area contributed by atoms with Crippen LogP contribution < -0.4 is 4.74 Å². The first-order chi connectivity index (χ1) is 16.4. The quantitative estimate of drug-likeness (QED) is 0.427. The molecule has 3 aromatic heterocycles. The van der Waals surface area contributed by atoms with Gasteiger partial charge in [-0.15, -0.1) is 0 Å². The second-order valence-corrected chi connectivity index (χ2v) is 8.69. The summed E-state index contributed by atoms with van der Waals surface area (Å²) in [5.74, 6) is -3.49. The number of pyridine rings is 1. The maximum Gasteiger partial charge on any atom is 0.273 e. The van der Waals surface area contributed by atoms with E-state index in [-0.39, 0.29) is 23.6 Å². The van der Waals surface area contributed by atoms with Crippen molar-refractivity contribution in [2.24, 2.45) is 7.05 Å². The molecule has 1 saturated heterocycles. The van der Waals surface area contributed by atoms with Crippen LogP contribution in [-0.4, -0.2) is 43.1 Å². The largest absolute Gasteiger partial charge is 0.497 e. The molecule has 0 unspecified atom stereocenters. The predicted octanol–water partition coefficient (Wildman–Crippen LogP) is 4.06. The third-order valence-corrected chi connectivity index (χ3v) is 6.87. The smallest absolute Gasteiger partial charge is 0.273 e. The number of rotatable bonds is 3. The molecule has 2 atom stereocenters. The van der Waals surface area contributed by atoms with E-state index in [0.29, 0.717) is 34.9 Å². The van der Waals surface area contributed by atoms with E-state index >= 15 is 0 Å². The van der Waals surface area contributed by atoms with Crippen molar-refractivity contribution in [1.82, 2.24) is 24.1 Å². The van der Waals surface area contributed by atoms with Crippen molar-refractivity contribution in [3.63, 3.8) is 0 Å². The molecular weight excluding hydrogens is 447 g/mol. The molecule has 1 aromatic carbocycles. The number of carbonyl (C=O) groups excluding carboxylic acids is 1. The summed E-state index contributed by atoms with van der Waals surface area (Å²) in [6.45, 7) is 0. The maximum atomic E-state index is 13.9. The van der Waals surface area contributed by atoms with E-state index in [1.807, 2.05) is 4.90 Å². The molecule has 2 aliphatic heterocycles. The fraction of sp³-hybridized carbons (Fsp3) is 0.292. The Kier molecular flexibility index (Phi) is 4.48. The standard InChI is InChI=1S/C24H20F3N5O2/c1-30-23(12-7-16(25)21(27)17(26)8-12)15-9-13-3-4-18(22(15)29-30)32(13)24(33)19-11-28-20-10-14(34-2)5-6-31(19)20/h5-8,10-11,13,18H,3-4,9H2,1-2H3/t13-,18+/m0/s1. The van der Waals surface area contributed by atoms with E-state index in [0.717, 1.165) is 30.5 Å². The summed E-state index contributed by atoms with van der Waals surface area (Å²) < 4.78 is 49.9. The highest BCUT2D eigenvalue weighted by Crippen LogP contribution is 2.46. The molecule has 5 heterocycles. The number of carbonyl (C=O) groups is 1. The molecule has 174 valence electrons. The van der Waals surface area contributed by atoms with Crippen molar-refractivity contribution in [2.75, 3.05) is 7.11 Å². The van der Waals surface area contributed by atoms with Crippen molar-refractivity contribution in [3.05, 3.63) is 71.1 Å². The lowest BCUT2D eigenvalue weighted by molar-refractivity contribution is 0.0635. The molecule has 0 radical (unpaired) electrons. The zero-order valence-electron chi connectivity index (χ0n) is 18.4. The molecule has 2 bridgehead atoms. The van der Waals surface area contributed by atoms with Crippen LogP contribution in [0.4, 0.5) is 13.2 Å². The van der Waals surface area contributed by atoms with Gasteiger partial charge in [0.25, 0.3) is 5.91 Å². The molecule has 6 rings (SSSR count). The van der Waals surface area contributed by atoms with Crippen molar-refractivity contribution < 1.29 is 22.7 Å². The second-order valence-electron chi connectivity index (χ2n) is 8.69. The summed E-state index contributed by atoms with van der Waals surface area (Å²) in [5.41, 5.74) is 3.36. The van der Waals surface area contributed by atoms with Gasteiger partial charge in [-0.05, 0) is 37.5 Å². The fourth-order valence-electron chi connectivity index (χ4n) is 5.39. The third-order valence-electron chi connectivity index (χ3n) is 6.87. The van der Waals surface area contributed by atoms with Crippen LogP contribution in [0, 0.1) is 17.5 Å². The normalized spacial score (nSPS) is 19.0. The third kappa shape index (κ3) is 2.87. The SMILES string of the molecule is COc1ccn2c(C(=O)N3[C@H]4CC[C@@H]3c3nn(C)c(-c5cc(F)c(F)c(F)c5)c3C4)cnc2c1. The first-order valence-corrected chi connectivity index (χ1v) is 10.9. The lowest BCUT2D eigenvalue weighted by Gasteiger charge is -2.34. The molecule has 0 saturated carbocycles. The maximum absolute atomic E-state index is 13.9. The van der Waals surface area contributed by atoms with Gasteiger partial charge in [-0.25, -0.2) is 18.2 Å². The van der Waals surface area contributed by atoms with Crippen LogP contribution in [0.1, 0.15) is 40.6 Å². The number of ether oxygens (including phenoxy) is 1. The van der Waals surface area contributed by atoms with Gasteiger partial charge in [-0.3, -0.25) is 13.9 Å². The molecule has 10 heteroatoms. The molecule has 0 aliphatic carbocycles. The number of fused-ring (bicyclic) bond motifs is 5. The summed E-state index contributed by atoms with van der Waals surface area (Å²) in [6.07, 6.45) is 5.32. The molecule has 7 nitrogen and oxygen atoms in total. The minimum Gasteiger partial charge on any atom is -0.497 e. The Balaban J connectivity index is 1.40. The predicted molar refractivity (Wildman–Crippen MR) is 116 cm³/mol. The lowest BCUT2D eigenvalue weighted by atomic mass is 9.94. The van der Waals surface area contributed by atoms with Crippen molar-refractivity contribution in [2.45, 2.75) is 31.3 Å². The van der Waals surface area contributed by atoms with Crippen LogP contribution in [0.15, 0.2) is 36.7 Å². The van der Waals surface area contributed by atoms with Gasteiger partial charge in [0.15, 0.2) is 17.5 Å². The summed E-state index contributed by atoms with van der Waals surface area (Å²) in [7, 11) is 3.25. The fourth-order valence-corrected chi connectivity index (χ4v) is 5.39. The number of hydrogen-bond acceptors (Lipinski definition) is 4. The Morgan fingerprint density at radius 2 is 1.91 bits per heavy atom. The molecule has 1 amide bonds. The first-order valence-electron chi connectivity index (χ1n) is 10.9. The van der Waals surface area contributed by atoms with Crippen LogP contribution in [0.5, 0.6) is 5.75 Å². The summed E-state index contributed by atoms with van der Waals surface area (Å²) in [6, 6.07) is 5.14. The van der Waals surface area contributed by atoms with E-state index < -0.39 is 17.5 Å². The summed E-state index contributed by atoms with van der Waals surface area (Å²) in [5, 5.41) is 4.63. The van der Waals surface area contributed by atoms with Crippen molar-refractivity contribution in [1.29, 1.82) is 0 Å². The molecule has 2 aliphatic rings. The average molecular weight is 467 g/mol. The van der Waals surface area contributed by atoms with Gasteiger partial charge in [0.2, 0.25) is 0 Å². The van der Waals surface area contributed by atoms with Crippen molar-refractivity contribution in [3.8, 4) is 17.0 Å². The van der Waals surface area contributed by atoms with Crippen LogP contribution in [0.2, 0.25) is 0 Å². The number of nitrogens with zero attached hydrogens (tertiary/aromatic N) is 5. The molecular formula is C24H20F3N5O2. The topological polar surface area (TPSA) is 64.7 Å². The minimum absolute atomic E-state index is 0.0908. The van der Waals surface area contributed by atoms with Crippen LogP contribution in [-0.2, 0) is 13.5 Å². The first kappa shape index (κ1) is 20.8. The number of amides is 1. The highest BCUT2D eigenvalue weighted by molar-refractivity contribution is 5.94. The van der Waals surface area contributed by atoms with Gasteiger partial charge in [-0.2, -0.15) is 5.10 Å². The summed E-state index contributed by atoms with van der Waals surface area (Å²) in [4.78, 5) is 19.8. The number of imidazole rings is 1. The Hall–Kier alpha value is -3.82. The lowest BCUT2D eigenvalue weighted by Crippen LogP contribution is -2.42. The van der Waals surface area contributed by atoms with E-state index in [1.54, 1.807) is 47.8 Å². The Morgan fingerprint density at radius 3 is 2.65 bits per heavy atom. The molecule has 1 fully saturated rings. The monoisotopic (exact) mass is 467 g/mol. The number of hydrogen-bond donors (Lipinski definition) is 0. The van der Waals surface area contributed by atoms with Gasteiger partial charge in [0.05, 0.1) is 30.7 Å². The Morgan fingerprint density at radius 1 is 1.15 bits per heavy atom. The van der Waals surface area contributed by atoms with E-state index in [1.165, 1.54) is 0 Å². The number of benzene rings is 1. The zero-order valence-corrected chi connectivity index (χ0v) is 18.4. The van der Waals surface area contributed by atoms with Gasteiger partial charge in [-0.1, -0.05) is 0 Å². The van der Waals surface area contributed by atoms with Crippen molar-refractivity contribution >= 4 is 11.6 Å². The molecule has 0 spiro atoms. The van der Waals surface area contributed by atoms with E-state index in [9.17, 15) is 18.0 Å². The number of aromatic nitrogens is 4. The average Bonchev–Trinajstić information content (AvgIpc) is 3.49. The Labute approximate surface area is 192 Å². The number of halogens is 3. The zero-order chi connectivity index (χ0) is 23.7. The number of methoxy groups -OCH3 is 1. The Bertz CT molecular complexity index is 1450. The van der Waals surface area contributed by atoms with Crippen LogP contribution >= 0.6 is 0 Å². The number of aryl methyl sites for hydroxylation is 1. The van der Waals surface area contributed by atoms with E-state index in [4.69, 9.17) is 4.74 Å². The highest BCUT2D eigenvalue weighted by Gasteiger charge is 2.46. The molecule has 0 N–H and O–H groups in total. The van der Waals surface area contributed by atoms with Gasteiger partial charge in [0.1, 0.15) is 17.1 Å². The van der Waals surface area contributed by atoms with Gasteiger partial charge >= 0.3 is 0 Å². The van der Waals surface area contributed by atoms with Gasteiger partial charge in [0, 0.05) is 36.5 Å². The van der Waals surface area contributed by atoms with Gasteiger partial charge < -0.3 is 9.64 Å². The molecule has 4 aromatic rings. The van der Waals surface area contributed by atoms with Crippen LogP contribution in [0.3, 0.4) is 0 Å². The van der Waals surface area contributed by atoms with Crippen LogP contribution in [0.25, 0.3) is 16.9 Å². The molecule has 34 heavy (non-hydrogen) atoms. The highest BCUT2D eigenvalue weighted by atomic mass is 19.2. The minimum atomic E-state index is -1.50. The second kappa shape index (κ2) is 7.34.